The first-order valence-corrected chi connectivity index (χ1v) is 19.3. The second-order valence-corrected chi connectivity index (χ2v) is 14.3. The summed E-state index contributed by atoms with van der Waals surface area (Å²) in [6.07, 6.45) is 4.91. The lowest BCUT2D eigenvalue weighted by molar-refractivity contribution is -0.128. The second-order valence-electron chi connectivity index (χ2n) is 14.3. The van der Waals surface area contributed by atoms with Crippen LogP contribution in [0.2, 0.25) is 0 Å². The Balaban J connectivity index is 1.36. The van der Waals surface area contributed by atoms with Crippen LogP contribution in [0.1, 0.15) is 53.7 Å². The van der Waals surface area contributed by atoms with E-state index in [1.54, 1.807) is 18.4 Å². The van der Waals surface area contributed by atoms with Crippen LogP contribution in [-0.4, -0.2) is 90.7 Å². The number of fused-ring (bicyclic) bond motifs is 16. The first-order chi connectivity index (χ1) is 27.2. The van der Waals surface area contributed by atoms with Gasteiger partial charge in [0.2, 0.25) is 23.6 Å². The fourth-order valence-corrected chi connectivity index (χ4v) is 7.03. The van der Waals surface area contributed by atoms with Gasteiger partial charge in [0.05, 0.1) is 31.9 Å². The maximum Gasteiger partial charge on any atom is 0.244 e. The molecule has 0 spiro atoms. The van der Waals surface area contributed by atoms with Gasteiger partial charge >= 0.3 is 0 Å². The predicted molar refractivity (Wildman–Crippen MR) is 208 cm³/mol. The van der Waals surface area contributed by atoms with Gasteiger partial charge in [-0.2, -0.15) is 0 Å². The van der Waals surface area contributed by atoms with Crippen LogP contribution in [0.25, 0.3) is 0 Å². The SMILES string of the molecule is NCCOCCNC(=O)[C@@H]1Cc2cccc(c2)CNC(=O)/C=C/C(=O)NC2CCC(CC2)C(O)N[C@@H](Cc2ccco2)C(O)NCc2ccccc2CC(=O)N1. The predicted octanol–water partition coefficient (Wildman–Crippen LogP) is 0.429. The summed E-state index contributed by atoms with van der Waals surface area (Å²) in [7, 11) is 0. The molecule has 3 heterocycles. The highest BCUT2D eigenvalue weighted by molar-refractivity contribution is 5.96. The molecule has 4 amide bonds. The molecule has 4 bridgehead atoms. The average Bonchev–Trinajstić information content (AvgIpc) is 3.71. The summed E-state index contributed by atoms with van der Waals surface area (Å²) < 4.78 is 11.0. The summed E-state index contributed by atoms with van der Waals surface area (Å²) in [4.78, 5) is 52.4. The summed E-state index contributed by atoms with van der Waals surface area (Å²) >= 11 is 0. The van der Waals surface area contributed by atoms with E-state index in [4.69, 9.17) is 14.9 Å². The Bertz CT molecular complexity index is 1740. The summed E-state index contributed by atoms with van der Waals surface area (Å²) in [5.74, 6) is -1.07. The Kier molecular flexibility index (Phi) is 16.6. The van der Waals surface area contributed by atoms with E-state index < -0.39 is 30.4 Å². The van der Waals surface area contributed by atoms with E-state index >= 15 is 0 Å². The number of hydrogen-bond donors (Lipinski definition) is 9. The molecule has 56 heavy (non-hydrogen) atoms. The van der Waals surface area contributed by atoms with E-state index in [9.17, 15) is 29.4 Å². The number of hydrogen-bond acceptors (Lipinski definition) is 11. The van der Waals surface area contributed by atoms with Crippen molar-refractivity contribution in [2.45, 2.75) is 88.6 Å². The highest BCUT2D eigenvalue weighted by Gasteiger charge is 2.31. The van der Waals surface area contributed by atoms with E-state index in [0.717, 1.165) is 16.7 Å². The lowest BCUT2D eigenvalue weighted by Crippen LogP contribution is -2.54. The minimum absolute atomic E-state index is 0.0241. The number of carbonyl (C=O) groups is 4. The summed E-state index contributed by atoms with van der Waals surface area (Å²) in [5.41, 5.74) is 8.52. The smallest absolute Gasteiger partial charge is 0.244 e. The van der Waals surface area contributed by atoms with E-state index in [0.29, 0.717) is 56.6 Å². The van der Waals surface area contributed by atoms with Gasteiger partial charge in [0.25, 0.3) is 0 Å². The highest BCUT2D eigenvalue weighted by atomic mass is 16.5. The van der Waals surface area contributed by atoms with Gasteiger partial charge in [-0.05, 0) is 66.0 Å². The van der Waals surface area contributed by atoms with Crippen molar-refractivity contribution < 1.29 is 38.5 Å². The van der Waals surface area contributed by atoms with Crippen LogP contribution in [0.4, 0.5) is 0 Å². The summed E-state index contributed by atoms with van der Waals surface area (Å²) in [6.45, 7) is 1.61. The molecule has 4 atom stereocenters. The molecule has 302 valence electrons. The second kappa shape index (κ2) is 22.0. The molecule has 3 aromatic rings. The Morgan fingerprint density at radius 1 is 0.857 bits per heavy atom. The number of nitrogens with one attached hydrogen (secondary N) is 6. The highest BCUT2D eigenvalue weighted by Crippen LogP contribution is 2.27. The van der Waals surface area contributed by atoms with Crippen LogP contribution in [0.5, 0.6) is 0 Å². The Morgan fingerprint density at radius 2 is 1.62 bits per heavy atom. The Labute approximate surface area is 327 Å². The minimum atomic E-state index is -1.11. The molecule has 1 saturated carbocycles. The van der Waals surface area contributed by atoms with Gasteiger partial charge in [0, 0.05) is 57.2 Å². The first kappa shape index (κ1) is 42.2. The molecular weight excluding hydrogens is 718 g/mol. The van der Waals surface area contributed by atoms with Crippen molar-refractivity contribution in [3.8, 4) is 0 Å². The maximum absolute atomic E-state index is 13.6. The quantitative estimate of drug-likeness (QED) is 0.143. The fourth-order valence-electron chi connectivity index (χ4n) is 7.03. The first-order valence-electron chi connectivity index (χ1n) is 19.3. The molecule has 15 nitrogen and oxygen atoms in total. The molecule has 1 fully saturated rings. The van der Waals surface area contributed by atoms with Gasteiger partial charge in [0.15, 0.2) is 0 Å². The number of amides is 4. The molecule has 0 saturated heterocycles. The topological polar surface area (TPSA) is 229 Å². The number of benzene rings is 2. The van der Waals surface area contributed by atoms with Crippen LogP contribution in [0.15, 0.2) is 83.5 Å². The zero-order valence-electron chi connectivity index (χ0n) is 31.6. The number of rotatable bonds is 8. The lowest BCUT2D eigenvalue weighted by Gasteiger charge is -2.35. The summed E-state index contributed by atoms with van der Waals surface area (Å²) in [6, 6.07) is 16.6. The number of carbonyl (C=O) groups excluding carboxylic acids is 4. The van der Waals surface area contributed by atoms with Crippen molar-refractivity contribution in [2.75, 3.05) is 26.3 Å². The molecule has 2 unspecified atom stereocenters. The molecule has 6 rings (SSSR count). The zero-order chi connectivity index (χ0) is 39.7. The van der Waals surface area contributed by atoms with Crippen molar-refractivity contribution in [2.24, 2.45) is 11.7 Å². The molecule has 3 aliphatic rings. The van der Waals surface area contributed by atoms with Gasteiger partial charge in [-0.1, -0.05) is 48.5 Å². The van der Waals surface area contributed by atoms with Gasteiger partial charge in [-0.3, -0.25) is 29.8 Å². The van der Waals surface area contributed by atoms with Crippen LogP contribution in [-0.2, 0) is 56.3 Å². The van der Waals surface area contributed by atoms with Crippen molar-refractivity contribution in [1.29, 1.82) is 0 Å². The third-order valence-corrected chi connectivity index (χ3v) is 10.0. The van der Waals surface area contributed by atoms with Gasteiger partial charge in [-0.25, -0.2) is 0 Å². The minimum Gasteiger partial charge on any atom is -0.469 e. The molecular formula is C41H55N7O8. The van der Waals surface area contributed by atoms with Gasteiger partial charge in [0.1, 0.15) is 24.3 Å². The molecule has 2 aromatic carbocycles. The maximum atomic E-state index is 13.6. The number of furan rings is 1. The van der Waals surface area contributed by atoms with Crippen LogP contribution >= 0.6 is 0 Å². The number of nitrogens with two attached hydrogens (primary N) is 1. The van der Waals surface area contributed by atoms with E-state index in [1.165, 1.54) is 12.2 Å². The van der Waals surface area contributed by atoms with Crippen LogP contribution < -0.4 is 37.6 Å². The summed E-state index contributed by atoms with van der Waals surface area (Å²) in [5, 5.41) is 40.6. The van der Waals surface area contributed by atoms with Crippen molar-refractivity contribution in [3.63, 3.8) is 0 Å². The molecule has 15 heteroatoms. The van der Waals surface area contributed by atoms with Crippen LogP contribution in [0.3, 0.4) is 0 Å². The molecule has 2 aliphatic heterocycles. The monoisotopic (exact) mass is 773 g/mol. The van der Waals surface area contributed by atoms with Crippen LogP contribution in [0, 0.1) is 5.92 Å². The average molecular weight is 774 g/mol. The number of aliphatic hydroxyl groups is 2. The third-order valence-electron chi connectivity index (χ3n) is 10.0. The lowest BCUT2D eigenvalue weighted by atomic mass is 9.84. The van der Waals surface area contributed by atoms with Gasteiger partial charge in [-0.15, -0.1) is 0 Å². The molecule has 1 aliphatic carbocycles. The number of ether oxygens (including phenoxy) is 1. The van der Waals surface area contributed by atoms with E-state index in [2.05, 4.69) is 31.9 Å². The zero-order valence-corrected chi connectivity index (χ0v) is 31.6. The van der Waals surface area contributed by atoms with E-state index in [-0.39, 0.29) is 68.8 Å². The molecule has 1 aromatic heterocycles. The Morgan fingerprint density at radius 3 is 2.39 bits per heavy atom. The standard InChI is InChI=1S/C41H55N7O8/c42-16-19-55-20-17-43-40(53)34-22-27-5-3-6-28(21-27)25-44-36(49)14-15-37(50)46-32-12-10-29(11-13-32)39(52)48-35(24-33-9-4-18-56-33)41(54)45-26-31-8-2-1-7-30(31)23-38(51)47-34/h1-9,14-15,18,21,29,32,34-35,39,41,45,48,52,54H,10-13,16-17,19-20,22-26,42H2,(H,43,53)(H,44,49)(H,46,50)(H,47,51)/b15-14+/t29?,32?,34-,35-,39?,41?/m0/s1. The van der Waals surface area contributed by atoms with E-state index in [1.807, 2.05) is 48.5 Å². The third kappa shape index (κ3) is 13.7. The largest absolute Gasteiger partial charge is 0.469 e. The number of aliphatic hydroxyl groups excluding tert-OH is 2. The molecule has 0 radical (unpaired) electrons. The molecule has 10 N–H and O–H groups in total. The van der Waals surface area contributed by atoms with Crippen molar-refractivity contribution >= 4 is 23.6 Å². The van der Waals surface area contributed by atoms with Crippen molar-refractivity contribution in [3.05, 3.63) is 107 Å². The Hall–Kier alpha value is -4.90. The van der Waals surface area contributed by atoms with Gasteiger partial charge < -0.3 is 46.4 Å². The van der Waals surface area contributed by atoms with Crippen molar-refractivity contribution in [1.82, 2.24) is 31.9 Å². The normalized spacial score (nSPS) is 25.2. The fraction of sp³-hybridized carbons (Fsp3) is 0.463.